The fourth-order valence-electron chi connectivity index (χ4n) is 3.21. The van der Waals surface area contributed by atoms with E-state index >= 15 is 0 Å². The topological polar surface area (TPSA) is 105 Å². The van der Waals surface area contributed by atoms with Crippen LogP contribution in [0.2, 0.25) is 0 Å². The van der Waals surface area contributed by atoms with E-state index in [1.54, 1.807) is 18.2 Å². The van der Waals surface area contributed by atoms with Gasteiger partial charge in [0.15, 0.2) is 9.84 Å². The Hall–Kier alpha value is -3.39. The molecule has 2 N–H and O–H groups in total. The molecule has 8 heteroatoms. The predicted octanol–water partition coefficient (Wildman–Crippen LogP) is 2.97. The molecule has 1 heterocycles. The number of carbonyl (C=O) groups is 2. The zero-order chi connectivity index (χ0) is 23.0. The molecule has 3 aromatic rings. The Morgan fingerprint density at radius 2 is 1.59 bits per heavy atom. The van der Waals surface area contributed by atoms with Gasteiger partial charge in [0.2, 0.25) is 0 Å². The molecule has 2 amide bonds. The van der Waals surface area contributed by atoms with Crippen LogP contribution in [0.1, 0.15) is 28.6 Å². The molecule has 32 heavy (non-hydrogen) atoms. The molecule has 0 fully saturated rings. The van der Waals surface area contributed by atoms with Crippen molar-refractivity contribution in [2.24, 2.45) is 0 Å². The number of carbonyl (C=O) groups excluding carboxylic acids is 2. The molecule has 0 aliphatic rings. The number of amides is 2. The van der Waals surface area contributed by atoms with Gasteiger partial charge in [0, 0.05) is 13.1 Å². The molecule has 0 spiro atoms. The van der Waals surface area contributed by atoms with Gasteiger partial charge >= 0.3 is 11.8 Å². The number of benzene rings is 2. The van der Waals surface area contributed by atoms with Crippen LogP contribution in [-0.4, -0.2) is 33.3 Å². The van der Waals surface area contributed by atoms with Crippen LogP contribution in [0.5, 0.6) is 0 Å². The Bertz CT molecular complexity index is 1120. The van der Waals surface area contributed by atoms with Crippen molar-refractivity contribution in [3.05, 3.63) is 89.9 Å². The Balaban J connectivity index is 1.58. The van der Waals surface area contributed by atoms with E-state index in [1.165, 1.54) is 24.5 Å². The third-order valence-corrected chi connectivity index (χ3v) is 7.09. The van der Waals surface area contributed by atoms with Crippen molar-refractivity contribution in [3.8, 4) is 0 Å². The van der Waals surface area contributed by atoms with E-state index in [4.69, 9.17) is 4.42 Å². The fraction of sp³-hybridized carbons (Fsp3) is 0.250. The van der Waals surface area contributed by atoms with Crippen molar-refractivity contribution < 1.29 is 22.4 Å². The van der Waals surface area contributed by atoms with Gasteiger partial charge in [-0.2, -0.15) is 0 Å². The molecule has 7 nitrogen and oxygen atoms in total. The van der Waals surface area contributed by atoms with Gasteiger partial charge in [0.1, 0.15) is 11.0 Å². The van der Waals surface area contributed by atoms with Crippen molar-refractivity contribution in [2.75, 3.05) is 13.1 Å². The lowest BCUT2D eigenvalue weighted by Gasteiger charge is -2.17. The minimum absolute atomic E-state index is 0.115. The number of hydrogen-bond acceptors (Lipinski definition) is 5. The van der Waals surface area contributed by atoms with Crippen molar-refractivity contribution in [2.45, 2.75) is 29.9 Å². The van der Waals surface area contributed by atoms with Crippen molar-refractivity contribution in [1.29, 1.82) is 0 Å². The number of furan rings is 1. The molecule has 168 valence electrons. The van der Waals surface area contributed by atoms with Crippen LogP contribution in [-0.2, 0) is 25.8 Å². The molecule has 2 aromatic carbocycles. The van der Waals surface area contributed by atoms with Crippen molar-refractivity contribution in [3.63, 3.8) is 0 Å². The first-order valence-corrected chi connectivity index (χ1v) is 11.9. The van der Waals surface area contributed by atoms with E-state index in [2.05, 4.69) is 10.6 Å². The molecule has 1 aromatic heterocycles. The monoisotopic (exact) mass is 454 g/mol. The van der Waals surface area contributed by atoms with Gasteiger partial charge in [-0.05, 0) is 49.6 Å². The first-order valence-electron chi connectivity index (χ1n) is 10.3. The minimum Gasteiger partial charge on any atom is -0.468 e. The summed E-state index contributed by atoms with van der Waals surface area (Å²) >= 11 is 0. The highest BCUT2D eigenvalue weighted by Crippen LogP contribution is 2.29. The van der Waals surface area contributed by atoms with E-state index in [-0.39, 0.29) is 17.2 Å². The smallest absolute Gasteiger partial charge is 0.309 e. The molecule has 3 rings (SSSR count). The number of rotatable bonds is 9. The van der Waals surface area contributed by atoms with Gasteiger partial charge in [0.25, 0.3) is 0 Å². The van der Waals surface area contributed by atoms with Crippen molar-refractivity contribution >= 4 is 21.7 Å². The number of hydrogen-bond donors (Lipinski definition) is 2. The summed E-state index contributed by atoms with van der Waals surface area (Å²) in [5, 5.41) is 3.83. The van der Waals surface area contributed by atoms with E-state index < -0.39 is 26.9 Å². The quantitative estimate of drug-likeness (QED) is 0.382. The van der Waals surface area contributed by atoms with Crippen LogP contribution < -0.4 is 10.6 Å². The van der Waals surface area contributed by atoms with E-state index in [9.17, 15) is 18.0 Å². The second-order valence-electron chi connectivity index (χ2n) is 7.42. The lowest BCUT2D eigenvalue weighted by Crippen LogP contribution is -2.42. The summed E-state index contributed by atoms with van der Waals surface area (Å²) in [7, 11) is -3.85. The van der Waals surface area contributed by atoms with E-state index in [0.29, 0.717) is 13.0 Å². The van der Waals surface area contributed by atoms with Gasteiger partial charge < -0.3 is 15.1 Å². The van der Waals surface area contributed by atoms with Crippen LogP contribution in [0.3, 0.4) is 0 Å². The van der Waals surface area contributed by atoms with Gasteiger partial charge in [-0.1, -0.05) is 48.0 Å². The lowest BCUT2D eigenvalue weighted by molar-refractivity contribution is -0.139. The zero-order valence-electron chi connectivity index (χ0n) is 17.8. The molecular weight excluding hydrogens is 428 g/mol. The van der Waals surface area contributed by atoms with E-state index in [1.807, 2.05) is 37.3 Å². The first kappa shape index (κ1) is 23.3. The van der Waals surface area contributed by atoms with Gasteiger partial charge in [-0.15, -0.1) is 0 Å². The molecule has 0 unspecified atom stereocenters. The summed E-state index contributed by atoms with van der Waals surface area (Å²) in [5.41, 5.74) is 2.07. The van der Waals surface area contributed by atoms with Gasteiger partial charge in [-0.3, -0.25) is 9.59 Å². The normalized spacial score (nSPS) is 12.2. The summed E-state index contributed by atoms with van der Waals surface area (Å²) in [5.74, 6) is -1.50. The maximum absolute atomic E-state index is 13.2. The van der Waals surface area contributed by atoms with Crippen LogP contribution in [0.4, 0.5) is 0 Å². The standard InChI is InChI=1S/C24H26N2O5S/c1-18-11-13-20(14-12-18)32(29,30)22(21-10-6-16-31-21)17-26-24(28)23(27)25-15-5-9-19-7-3-2-4-8-19/h2-4,6-8,10-14,16,22H,5,9,15,17H2,1H3,(H,25,27)(H,26,28)/t22-/m0/s1. The first-order chi connectivity index (χ1) is 15.4. The van der Waals surface area contributed by atoms with E-state index in [0.717, 1.165) is 17.5 Å². The maximum Gasteiger partial charge on any atom is 0.309 e. The Morgan fingerprint density at radius 3 is 2.25 bits per heavy atom. The molecule has 0 aliphatic carbocycles. The molecule has 0 radical (unpaired) electrons. The zero-order valence-corrected chi connectivity index (χ0v) is 18.6. The average molecular weight is 455 g/mol. The average Bonchev–Trinajstić information content (AvgIpc) is 3.32. The largest absolute Gasteiger partial charge is 0.468 e. The Kier molecular flexibility index (Phi) is 7.83. The fourth-order valence-corrected chi connectivity index (χ4v) is 4.80. The summed E-state index contributed by atoms with van der Waals surface area (Å²) in [6.07, 6.45) is 2.83. The third-order valence-electron chi connectivity index (χ3n) is 5.01. The molecule has 0 saturated heterocycles. The second kappa shape index (κ2) is 10.8. The summed E-state index contributed by atoms with van der Waals surface area (Å²) in [6.45, 7) is 1.91. The summed E-state index contributed by atoms with van der Waals surface area (Å²) in [6, 6.07) is 19.4. The van der Waals surface area contributed by atoms with Crippen LogP contribution in [0, 0.1) is 6.92 Å². The summed E-state index contributed by atoms with van der Waals surface area (Å²) < 4.78 is 31.6. The molecule has 1 atom stereocenters. The molecular formula is C24H26N2O5S. The molecule has 0 bridgehead atoms. The Morgan fingerprint density at radius 1 is 0.906 bits per heavy atom. The number of sulfone groups is 1. The maximum atomic E-state index is 13.2. The molecule has 0 aliphatic heterocycles. The van der Waals surface area contributed by atoms with Crippen molar-refractivity contribution in [1.82, 2.24) is 10.6 Å². The highest BCUT2D eigenvalue weighted by molar-refractivity contribution is 7.91. The van der Waals surface area contributed by atoms with Crippen LogP contribution in [0.15, 0.2) is 82.3 Å². The van der Waals surface area contributed by atoms with Crippen LogP contribution in [0.25, 0.3) is 0 Å². The van der Waals surface area contributed by atoms with Gasteiger partial charge in [-0.25, -0.2) is 8.42 Å². The van der Waals surface area contributed by atoms with Gasteiger partial charge in [0.05, 0.1) is 11.2 Å². The second-order valence-corrected chi connectivity index (χ2v) is 9.55. The predicted molar refractivity (Wildman–Crippen MR) is 121 cm³/mol. The number of nitrogens with one attached hydrogen (secondary N) is 2. The Labute approximate surface area is 187 Å². The third kappa shape index (κ3) is 6.07. The highest BCUT2D eigenvalue weighted by atomic mass is 32.2. The van der Waals surface area contributed by atoms with Crippen LogP contribution >= 0.6 is 0 Å². The SMILES string of the molecule is Cc1ccc(S(=O)(=O)[C@@H](CNC(=O)C(=O)NCCCc2ccccc2)c2ccco2)cc1. The molecule has 0 saturated carbocycles. The number of aryl methyl sites for hydroxylation is 2. The summed E-state index contributed by atoms with van der Waals surface area (Å²) in [4.78, 5) is 24.5. The highest BCUT2D eigenvalue weighted by Gasteiger charge is 2.32. The lowest BCUT2D eigenvalue weighted by atomic mass is 10.1. The minimum atomic E-state index is -3.85.